The van der Waals surface area contributed by atoms with Gasteiger partial charge in [-0.05, 0) is 48.1 Å². The Kier molecular flexibility index (Phi) is 3.65. The van der Waals surface area contributed by atoms with Crippen LogP contribution in [-0.4, -0.2) is 5.11 Å². The van der Waals surface area contributed by atoms with Crippen LogP contribution in [-0.2, 0) is 18.4 Å². The van der Waals surface area contributed by atoms with Crippen LogP contribution in [0.1, 0.15) is 29.5 Å². The van der Waals surface area contributed by atoms with Gasteiger partial charge in [-0.25, -0.2) is 4.39 Å². The zero-order valence-electron chi connectivity index (χ0n) is 11.1. The molecule has 0 saturated heterocycles. The molecule has 0 amide bonds. The van der Waals surface area contributed by atoms with Crippen molar-refractivity contribution in [1.29, 1.82) is 0 Å². The molecule has 20 heavy (non-hydrogen) atoms. The van der Waals surface area contributed by atoms with E-state index in [1.165, 1.54) is 17.7 Å². The maximum absolute atomic E-state index is 13.2. The molecule has 3 heteroatoms. The van der Waals surface area contributed by atoms with Crippen molar-refractivity contribution in [3.05, 3.63) is 69.4 Å². The lowest BCUT2D eigenvalue weighted by Gasteiger charge is -2.35. The largest absolute Gasteiger partial charge is 0.385 e. The molecule has 0 saturated carbocycles. The first-order valence-electron chi connectivity index (χ1n) is 6.83. The third-order valence-electron chi connectivity index (χ3n) is 4.05. The summed E-state index contributed by atoms with van der Waals surface area (Å²) in [5.74, 6) is -0.267. The molecule has 0 bridgehead atoms. The van der Waals surface area contributed by atoms with Crippen LogP contribution in [0.3, 0.4) is 0 Å². The maximum Gasteiger partial charge on any atom is 0.124 e. The van der Waals surface area contributed by atoms with Gasteiger partial charge in [0.05, 0.1) is 5.60 Å². The monoisotopic (exact) mass is 334 g/mol. The summed E-state index contributed by atoms with van der Waals surface area (Å²) in [5, 5.41) is 11.1. The number of hydrogen-bond donors (Lipinski definition) is 1. The van der Waals surface area contributed by atoms with Gasteiger partial charge in [0.1, 0.15) is 5.82 Å². The van der Waals surface area contributed by atoms with Gasteiger partial charge in [-0.2, -0.15) is 0 Å². The smallest absolute Gasteiger partial charge is 0.124 e. The first-order valence-corrected chi connectivity index (χ1v) is 7.62. The van der Waals surface area contributed by atoms with Gasteiger partial charge in [0.25, 0.3) is 0 Å². The number of benzene rings is 2. The maximum atomic E-state index is 13.2. The molecule has 1 nitrogen and oxygen atoms in total. The Morgan fingerprint density at radius 1 is 1.20 bits per heavy atom. The summed E-state index contributed by atoms with van der Waals surface area (Å²) in [6, 6.07) is 12.7. The molecule has 1 N–H and O–H groups in total. The number of rotatable bonds is 2. The summed E-state index contributed by atoms with van der Waals surface area (Å²) in [4.78, 5) is 0. The van der Waals surface area contributed by atoms with Crippen LogP contribution in [0.25, 0.3) is 0 Å². The molecule has 0 aromatic heterocycles. The van der Waals surface area contributed by atoms with Crippen molar-refractivity contribution in [2.45, 2.75) is 31.3 Å². The lowest BCUT2D eigenvalue weighted by molar-refractivity contribution is 0.0189. The summed E-state index contributed by atoms with van der Waals surface area (Å²) < 4.78 is 13.9. The molecule has 1 unspecified atom stereocenters. The Morgan fingerprint density at radius 2 is 2.00 bits per heavy atom. The van der Waals surface area contributed by atoms with Crippen molar-refractivity contribution in [3.8, 4) is 0 Å². The van der Waals surface area contributed by atoms with Crippen molar-refractivity contribution >= 4 is 15.9 Å². The molecule has 1 aliphatic carbocycles. The molecular weight excluding hydrogens is 319 g/mol. The van der Waals surface area contributed by atoms with E-state index in [0.29, 0.717) is 10.9 Å². The van der Waals surface area contributed by atoms with Crippen LogP contribution >= 0.6 is 15.9 Å². The lowest BCUT2D eigenvalue weighted by atomic mass is 9.76. The second kappa shape index (κ2) is 5.30. The molecule has 0 spiro atoms. The molecule has 104 valence electrons. The van der Waals surface area contributed by atoms with Gasteiger partial charge in [0.2, 0.25) is 0 Å². The molecule has 1 atom stereocenters. The predicted octanol–water partition coefficient (Wildman–Crippen LogP) is 4.35. The first-order chi connectivity index (χ1) is 9.58. The third kappa shape index (κ3) is 2.52. The fourth-order valence-corrected chi connectivity index (χ4v) is 3.55. The Labute approximate surface area is 126 Å². The van der Waals surface area contributed by atoms with E-state index in [2.05, 4.69) is 22.0 Å². The highest BCUT2D eigenvalue weighted by Crippen LogP contribution is 2.39. The molecule has 0 radical (unpaired) electrons. The number of fused-ring (bicyclic) bond motifs is 1. The Balaban J connectivity index is 1.98. The van der Waals surface area contributed by atoms with Crippen LogP contribution in [0, 0.1) is 5.82 Å². The van der Waals surface area contributed by atoms with Crippen molar-refractivity contribution < 1.29 is 9.50 Å². The highest BCUT2D eigenvalue weighted by molar-refractivity contribution is 9.10. The Morgan fingerprint density at radius 3 is 2.80 bits per heavy atom. The van der Waals surface area contributed by atoms with Crippen molar-refractivity contribution in [2.75, 3.05) is 0 Å². The van der Waals surface area contributed by atoms with Gasteiger partial charge in [0.15, 0.2) is 0 Å². The lowest BCUT2D eigenvalue weighted by Crippen LogP contribution is -2.33. The van der Waals surface area contributed by atoms with Gasteiger partial charge in [0, 0.05) is 10.9 Å². The summed E-state index contributed by atoms with van der Waals surface area (Å²) in [7, 11) is 0. The summed E-state index contributed by atoms with van der Waals surface area (Å²) in [6.07, 6.45) is 3.24. The van der Waals surface area contributed by atoms with Crippen molar-refractivity contribution in [3.63, 3.8) is 0 Å². The second-order valence-corrected chi connectivity index (χ2v) is 6.31. The van der Waals surface area contributed by atoms with Gasteiger partial charge in [-0.15, -0.1) is 0 Å². The summed E-state index contributed by atoms with van der Waals surface area (Å²) >= 11 is 3.39. The quantitative estimate of drug-likeness (QED) is 0.865. The molecule has 2 aromatic rings. The fraction of sp³-hybridized carbons (Fsp3) is 0.294. The zero-order chi connectivity index (χ0) is 14.2. The normalized spacial score (nSPS) is 21.6. The molecule has 0 fully saturated rings. The number of aliphatic hydroxyl groups is 1. The van der Waals surface area contributed by atoms with E-state index in [9.17, 15) is 9.50 Å². The zero-order valence-corrected chi connectivity index (χ0v) is 12.7. The first kappa shape index (κ1) is 13.8. The topological polar surface area (TPSA) is 20.2 Å². The number of hydrogen-bond acceptors (Lipinski definition) is 1. The van der Waals surface area contributed by atoms with E-state index < -0.39 is 5.60 Å². The average Bonchev–Trinajstić information content (AvgIpc) is 2.43. The predicted molar refractivity (Wildman–Crippen MR) is 81.1 cm³/mol. The molecule has 2 aromatic carbocycles. The van der Waals surface area contributed by atoms with E-state index in [-0.39, 0.29) is 5.82 Å². The Hall–Kier alpha value is -1.19. The van der Waals surface area contributed by atoms with E-state index in [1.807, 2.05) is 18.2 Å². The highest BCUT2D eigenvalue weighted by Gasteiger charge is 2.34. The van der Waals surface area contributed by atoms with Crippen LogP contribution < -0.4 is 0 Å². The van der Waals surface area contributed by atoms with Gasteiger partial charge >= 0.3 is 0 Å². The standard InChI is InChI=1S/C17H16BrFO/c18-16-10-14(19)8-7-13(16)11-17(20)9-3-5-12-4-1-2-6-15(12)17/h1-2,4,6-8,10,20H,3,5,9,11H2. The summed E-state index contributed by atoms with van der Waals surface area (Å²) in [5.41, 5.74) is 2.32. The number of aryl methyl sites for hydroxylation is 1. The molecule has 0 aliphatic heterocycles. The average molecular weight is 335 g/mol. The fourth-order valence-electron chi connectivity index (χ4n) is 3.06. The van der Waals surface area contributed by atoms with Gasteiger partial charge in [-0.1, -0.05) is 46.3 Å². The molecule has 1 aliphatic rings. The SMILES string of the molecule is OC1(Cc2ccc(F)cc2Br)CCCc2ccccc21. The van der Waals surface area contributed by atoms with E-state index in [4.69, 9.17) is 0 Å². The minimum atomic E-state index is -0.852. The van der Waals surface area contributed by atoms with E-state index in [1.54, 1.807) is 6.07 Å². The minimum absolute atomic E-state index is 0.267. The van der Waals surface area contributed by atoms with Crippen LogP contribution in [0.2, 0.25) is 0 Å². The van der Waals surface area contributed by atoms with Crippen LogP contribution in [0.5, 0.6) is 0 Å². The molecular formula is C17H16BrFO. The Bertz CT molecular complexity index is 641. The van der Waals surface area contributed by atoms with Crippen molar-refractivity contribution in [1.82, 2.24) is 0 Å². The molecule has 3 rings (SSSR count). The van der Waals surface area contributed by atoms with E-state index >= 15 is 0 Å². The van der Waals surface area contributed by atoms with Crippen LogP contribution in [0.15, 0.2) is 46.9 Å². The highest BCUT2D eigenvalue weighted by atomic mass is 79.9. The minimum Gasteiger partial charge on any atom is -0.385 e. The summed E-state index contributed by atoms with van der Waals surface area (Å²) in [6.45, 7) is 0. The van der Waals surface area contributed by atoms with Crippen molar-refractivity contribution in [2.24, 2.45) is 0 Å². The van der Waals surface area contributed by atoms with Gasteiger partial charge < -0.3 is 5.11 Å². The van der Waals surface area contributed by atoms with E-state index in [0.717, 1.165) is 30.4 Å². The third-order valence-corrected chi connectivity index (χ3v) is 4.79. The second-order valence-electron chi connectivity index (χ2n) is 5.45. The van der Waals surface area contributed by atoms with Crippen LogP contribution in [0.4, 0.5) is 4.39 Å². The van der Waals surface area contributed by atoms with Gasteiger partial charge in [-0.3, -0.25) is 0 Å². The number of halogens is 2. The molecule has 0 heterocycles.